The van der Waals surface area contributed by atoms with E-state index >= 15 is 0 Å². The van der Waals surface area contributed by atoms with E-state index in [0.717, 1.165) is 5.56 Å². The molecular weight excluding hydrogens is 328 g/mol. The van der Waals surface area contributed by atoms with E-state index in [2.05, 4.69) is 10.0 Å². The van der Waals surface area contributed by atoms with E-state index in [1.807, 2.05) is 24.3 Å². The van der Waals surface area contributed by atoms with Crippen LogP contribution in [0.5, 0.6) is 5.75 Å². The van der Waals surface area contributed by atoms with Gasteiger partial charge in [0, 0.05) is 24.6 Å². The van der Waals surface area contributed by atoms with Crippen molar-refractivity contribution in [2.45, 2.75) is 17.4 Å². The normalized spacial score (nSPS) is 16.8. The first-order chi connectivity index (χ1) is 11.5. The number of amides is 1. The van der Waals surface area contributed by atoms with E-state index in [9.17, 15) is 13.2 Å². The molecule has 126 valence electrons. The predicted octanol–water partition coefficient (Wildman–Crippen LogP) is 1.85. The van der Waals surface area contributed by atoms with Crippen LogP contribution >= 0.6 is 0 Å². The zero-order valence-corrected chi connectivity index (χ0v) is 14.0. The number of benzene rings is 2. The highest BCUT2D eigenvalue weighted by atomic mass is 32.2. The zero-order chi connectivity index (χ0) is 17.2. The fraction of sp³-hybridized carbons (Fsp3) is 0.235. The molecule has 1 heterocycles. The van der Waals surface area contributed by atoms with Crippen LogP contribution < -0.4 is 14.8 Å². The Morgan fingerprint density at radius 3 is 2.54 bits per heavy atom. The summed E-state index contributed by atoms with van der Waals surface area (Å²) in [5.74, 6) is 0.441. The van der Waals surface area contributed by atoms with Crippen molar-refractivity contribution >= 4 is 15.9 Å². The lowest BCUT2D eigenvalue weighted by atomic mass is 10.0. The van der Waals surface area contributed by atoms with Crippen molar-refractivity contribution in [3.8, 4) is 5.75 Å². The van der Waals surface area contributed by atoms with Crippen LogP contribution in [0.25, 0.3) is 0 Å². The molecule has 1 atom stereocenters. The maximum Gasteiger partial charge on any atom is 0.251 e. The molecule has 0 spiro atoms. The molecule has 0 fully saturated rings. The zero-order valence-electron chi connectivity index (χ0n) is 13.2. The summed E-state index contributed by atoms with van der Waals surface area (Å²) in [5, 5.41) is 2.50. The molecule has 2 aromatic rings. The van der Waals surface area contributed by atoms with Gasteiger partial charge in [-0.3, -0.25) is 4.79 Å². The van der Waals surface area contributed by atoms with Crippen molar-refractivity contribution in [3.05, 3.63) is 59.7 Å². The van der Waals surface area contributed by atoms with Crippen LogP contribution in [0.3, 0.4) is 0 Å². The fourth-order valence-corrected chi connectivity index (χ4v) is 3.90. The van der Waals surface area contributed by atoms with E-state index in [4.69, 9.17) is 4.74 Å². The number of rotatable bonds is 4. The van der Waals surface area contributed by atoms with Crippen LogP contribution in [-0.4, -0.2) is 28.0 Å². The van der Waals surface area contributed by atoms with Crippen LogP contribution in [0.4, 0.5) is 0 Å². The van der Waals surface area contributed by atoms with Crippen molar-refractivity contribution in [1.29, 1.82) is 0 Å². The van der Waals surface area contributed by atoms with Gasteiger partial charge >= 0.3 is 0 Å². The van der Waals surface area contributed by atoms with Crippen molar-refractivity contribution in [3.63, 3.8) is 0 Å². The number of ether oxygens (including phenoxy) is 1. The largest absolute Gasteiger partial charge is 0.493 e. The fourth-order valence-electron chi connectivity index (χ4n) is 2.65. The van der Waals surface area contributed by atoms with Gasteiger partial charge in [-0.2, -0.15) is 0 Å². The smallest absolute Gasteiger partial charge is 0.251 e. The third-order valence-electron chi connectivity index (χ3n) is 3.91. The van der Waals surface area contributed by atoms with Gasteiger partial charge < -0.3 is 10.1 Å². The number of para-hydroxylation sites is 1. The highest BCUT2D eigenvalue weighted by Gasteiger charge is 2.26. The van der Waals surface area contributed by atoms with E-state index in [-0.39, 0.29) is 16.8 Å². The van der Waals surface area contributed by atoms with Gasteiger partial charge in [-0.1, -0.05) is 18.2 Å². The first-order valence-corrected chi connectivity index (χ1v) is 9.06. The topological polar surface area (TPSA) is 84.5 Å². The Labute approximate surface area is 140 Å². The van der Waals surface area contributed by atoms with Gasteiger partial charge in [0.25, 0.3) is 5.91 Å². The molecule has 1 aliphatic heterocycles. The molecule has 0 saturated heterocycles. The first-order valence-electron chi connectivity index (χ1n) is 7.57. The van der Waals surface area contributed by atoms with Crippen molar-refractivity contribution < 1.29 is 17.9 Å². The Balaban J connectivity index is 1.83. The Kier molecular flexibility index (Phi) is 4.55. The maximum absolute atomic E-state index is 12.6. The molecule has 1 amide bonds. The first kappa shape index (κ1) is 16.5. The van der Waals surface area contributed by atoms with Gasteiger partial charge in [-0.15, -0.1) is 0 Å². The van der Waals surface area contributed by atoms with E-state index in [1.54, 1.807) is 0 Å². The monoisotopic (exact) mass is 346 g/mol. The van der Waals surface area contributed by atoms with Crippen LogP contribution in [-0.2, 0) is 10.0 Å². The second-order valence-electron chi connectivity index (χ2n) is 5.45. The van der Waals surface area contributed by atoms with Crippen molar-refractivity contribution in [1.82, 2.24) is 10.0 Å². The lowest BCUT2D eigenvalue weighted by Gasteiger charge is -2.26. The van der Waals surface area contributed by atoms with E-state index in [0.29, 0.717) is 24.3 Å². The molecule has 0 aliphatic carbocycles. The lowest BCUT2D eigenvalue weighted by molar-refractivity contribution is 0.0963. The summed E-state index contributed by atoms with van der Waals surface area (Å²) >= 11 is 0. The number of fused-ring (bicyclic) bond motifs is 1. The SMILES string of the molecule is CNC(=O)c1ccc(S(=O)(=O)N[C@H]2CCOc3ccccc32)cc1. The Morgan fingerprint density at radius 2 is 1.83 bits per heavy atom. The number of carbonyl (C=O) groups is 1. The van der Waals surface area contributed by atoms with E-state index < -0.39 is 10.0 Å². The van der Waals surface area contributed by atoms with Gasteiger partial charge in [-0.05, 0) is 30.3 Å². The number of hydrogen-bond acceptors (Lipinski definition) is 4. The molecule has 24 heavy (non-hydrogen) atoms. The van der Waals surface area contributed by atoms with Gasteiger partial charge in [0.05, 0.1) is 17.5 Å². The summed E-state index contributed by atoms with van der Waals surface area (Å²) in [6.07, 6.45) is 0.562. The molecule has 0 aromatic heterocycles. The van der Waals surface area contributed by atoms with Crippen molar-refractivity contribution in [2.24, 2.45) is 0 Å². The second kappa shape index (κ2) is 6.62. The molecule has 2 aromatic carbocycles. The number of hydrogen-bond donors (Lipinski definition) is 2. The van der Waals surface area contributed by atoms with E-state index in [1.165, 1.54) is 31.3 Å². The molecule has 3 rings (SSSR count). The average Bonchev–Trinajstić information content (AvgIpc) is 2.61. The highest BCUT2D eigenvalue weighted by molar-refractivity contribution is 7.89. The number of carbonyl (C=O) groups excluding carboxylic acids is 1. The van der Waals surface area contributed by atoms with Gasteiger partial charge in [0.15, 0.2) is 0 Å². The Hall–Kier alpha value is -2.38. The molecule has 0 saturated carbocycles. The quantitative estimate of drug-likeness (QED) is 0.885. The highest BCUT2D eigenvalue weighted by Crippen LogP contribution is 2.32. The van der Waals surface area contributed by atoms with Crippen molar-refractivity contribution in [2.75, 3.05) is 13.7 Å². The molecule has 0 radical (unpaired) electrons. The van der Waals surface area contributed by atoms with Gasteiger partial charge in [0.2, 0.25) is 10.0 Å². The molecule has 1 aliphatic rings. The van der Waals surface area contributed by atoms with Crippen LogP contribution in [0.2, 0.25) is 0 Å². The van der Waals surface area contributed by atoms with Crippen LogP contribution in [0.1, 0.15) is 28.4 Å². The molecule has 6 nitrogen and oxygen atoms in total. The van der Waals surface area contributed by atoms with Crippen LogP contribution in [0, 0.1) is 0 Å². The van der Waals surface area contributed by atoms with Gasteiger partial charge in [-0.25, -0.2) is 13.1 Å². The van der Waals surface area contributed by atoms with Crippen LogP contribution in [0.15, 0.2) is 53.4 Å². The summed E-state index contributed by atoms with van der Waals surface area (Å²) < 4.78 is 33.5. The molecule has 0 unspecified atom stereocenters. The standard InChI is InChI=1S/C17H18N2O4S/c1-18-17(20)12-6-8-13(9-7-12)24(21,22)19-15-10-11-23-16-5-3-2-4-14(15)16/h2-9,15,19H,10-11H2,1H3,(H,18,20)/t15-/m0/s1. The Morgan fingerprint density at radius 1 is 1.12 bits per heavy atom. The maximum atomic E-state index is 12.6. The Bertz CT molecular complexity index is 847. The molecular formula is C17H18N2O4S. The average molecular weight is 346 g/mol. The molecule has 2 N–H and O–H groups in total. The molecule has 7 heteroatoms. The summed E-state index contributed by atoms with van der Waals surface area (Å²) in [7, 11) is -2.16. The third kappa shape index (κ3) is 3.27. The minimum atomic E-state index is -3.69. The number of sulfonamides is 1. The minimum Gasteiger partial charge on any atom is -0.493 e. The summed E-state index contributed by atoms with van der Waals surface area (Å²) in [6, 6.07) is 12.9. The minimum absolute atomic E-state index is 0.124. The summed E-state index contributed by atoms with van der Waals surface area (Å²) in [6.45, 7) is 0.458. The summed E-state index contributed by atoms with van der Waals surface area (Å²) in [5.41, 5.74) is 1.24. The summed E-state index contributed by atoms with van der Waals surface area (Å²) in [4.78, 5) is 11.7. The molecule has 0 bridgehead atoms. The second-order valence-corrected chi connectivity index (χ2v) is 7.17. The third-order valence-corrected chi connectivity index (χ3v) is 5.40. The van der Waals surface area contributed by atoms with Gasteiger partial charge in [0.1, 0.15) is 5.75 Å². The predicted molar refractivity (Wildman–Crippen MR) is 89.4 cm³/mol. The number of nitrogens with one attached hydrogen (secondary N) is 2. The lowest BCUT2D eigenvalue weighted by Crippen LogP contribution is -2.32.